The fourth-order valence-electron chi connectivity index (χ4n) is 1.21. The Balaban J connectivity index is 2.46. The summed E-state index contributed by atoms with van der Waals surface area (Å²) in [6, 6.07) is 2.62. The maximum absolute atomic E-state index is 11.6. The second-order valence-corrected chi connectivity index (χ2v) is 3.48. The number of rotatable bonds is 4. The lowest BCUT2D eigenvalue weighted by Crippen LogP contribution is -2.37. The molecular formula is C12H15N5O2. The molecule has 0 radical (unpaired) electrons. The molecule has 0 aliphatic rings. The molecule has 1 aromatic rings. The van der Waals surface area contributed by atoms with Crippen LogP contribution < -0.4 is 22.1 Å². The van der Waals surface area contributed by atoms with Crippen molar-refractivity contribution in [1.29, 1.82) is 0 Å². The summed E-state index contributed by atoms with van der Waals surface area (Å²) in [5.74, 6) is 5.17. The monoisotopic (exact) mass is 261 g/mol. The van der Waals surface area contributed by atoms with Crippen LogP contribution in [0.25, 0.3) is 0 Å². The van der Waals surface area contributed by atoms with Crippen molar-refractivity contribution in [2.75, 3.05) is 19.6 Å². The number of urea groups is 1. The quantitative estimate of drug-likeness (QED) is 0.401. The molecule has 3 amide bonds. The molecule has 0 aliphatic heterocycles. The molecule has 0 saturated heterocycles. The van der Waals surface area contributed by atoms with Crippen molar-refractivity contribution in [2.45, 2.75) is 0 Å². The third-order valence-electron chi connectivity index (χ3n) is 2.04. The van der Waals surface area contributed by atoms with Crippen molar-refractivity contribution in [3.05, 3.63) is 29.6 Å². The molecule has 0 unspecified atom stereocenters. The average Bonchev–Trinajstić information content (AvgIpc) is 2.41. The Hall–Kier alpha value is -2.59. The first kappa shape index (κ1) is 14.5. The summed E-state index contributed by atoms with van der Waals surface area (Å²) in [6.45, 7) is 0.814. The topological polar surface area (TPSA) is 123 Å². The molecule has 7 heteroatoms. The summed E-state index contributed by atoms with van der Waals surface area (Å²) < 4.78 is 0. The predicted molar refractivity (Wildman–Crippen MR) is 70.1 cm³/mol. The molecule has 0 saturated carbocycles. The number of pyridine rings is 1. The lowest BCUT2D eigenvalue weighted by atomic mass is 10.2. The molecule has 0 aliphatic carbocycles. The van der Waals surface area contributed by atoms with Crippen LogP contribution in [0.2, 0.25) is 0 Å². The Morgan fingerprint density at radius 2 is 2.00 bits per heavy atom. The predicted octanol–water partition coefficient (Wildman–Crippen LogP) is -1.21. The maximum atomic E-state index is 11.6. The molecule has 6 N–H and O–H groups in total. The average molecular weight is 261 g/mol. The van der Waals surface area contributed by atoms with E-state index >= 15 is 0 Å². The molecule has 0 bridgehead atoms. The van der Waals surface area contributed by atoms with Crippen molar-refractivity contribution >= 4 is 11.9 Å². The Kier molecular flexibility index (Phi) is 5.85. The Morgan fingerprint density at radius 1 is 1.26 bits per heavy atom. The molecule has 1 aromatic heterocycles. The highest BCUT2D eigenvalue weighted by Crippen LogP contribution is 1.98. The highest BCUT2D eigenvalue weighted by Gasteiger charge is 2.05. The van der Waals surface area contributed by atoms with E-state index < -0.39 is 6.03 Å². The zero-order valence-electron chi connectivity index (χ0n) is 10.3. The van der Waals surface area contributed by atoms with Gasteiger partial charge in [0.25, 0.3) is 5.91 Å². The number of hydrogen-bond acceptors (Lipinski definition) is 4. The van der Waals surface area contributed by atoms with Gasteiger partial charge in [-0.25, -0.2) is 9.78 Å². The number of hydrogen-bond donors (Lipinski definition) is 4. The molecule has 100 valence electrons. The summed E-state index contributed by atoms with van der Waals surface area (Å²) in [4.78, 5) is 26.0. The molecule has 19 heavy (non-hydrogen) atoms. The van der Waals surface area contributed by atoms with Crippen LogP contribution in [-0.4, -0.2) is 36.6 Å². The van der Waals surface area contributed by atoms with Crippen LogP contribution in [0, 0.1) is 11.8 Å². The summed E-state index contributed by atoms with van der Waals surface area (Å²) in [5.41, 5.74) is 11.1. The zero-order chi connectivity index (χ0) is 14.1. The van der Waals surface area contributed by atoms with Crippen LogP contribution in [0.15, 0.2) is 18.3 Å². The van der Waals surface area contributed by atoms with Gasteiger partial charge in [0.1, 0.15) is 5.69 Å². The third-order valence-corrected chi connectivity index (χ3v) is 2.04. The first-order chi connectivity index (χ1) is 9.13. The van der Waals surface area contributed by atoms with Gasteiger partial charge in [0.2, 0.25) is 0 Å². The van der Waals surface area contributed by atoms with E-state index in [1.807, 2.05) is 0 Å². The van der Waals surface area contributed by atoms with E-state index in [4.69, 9.17) is 11.5 Å². The molecule has 1 rings (SSSR count). The van der Waals surface area contributed by atoms with Crippen molar-refractivity contribution in [3.8, 4) is 11.8 Å². The van der Waals surface area contributed by atoms with Gasteiger partial charge in [-0.15, -0.1) is 0 Å². The first-order valence-electron chi connectivity index (χ1n) is 5.60. The number of nitrogens with zero attached hydrogens (tertiary/aromatic N) is 1. The van der Waals surface area contributed by atoms with Gasteiger partial charge in [-0.2, -0.15) is 0 Å². The fraction of sp³-hybridized carbons (Fsp3) is 0.250. The SMILES string of the molecule is NCC#Cc1ccc(C(=O)NCCNC(N)=O)nc1. The number of aromatic nitrogens is 1. The third kappa shape index (κ3) is 5.52. The van der Waals surface area contributed by atoms with Gasteiger partial charge in [-0.1, -0.05) is 11.8 Å². The summed E-state index contributed by atoms with van der Waals surface area (Å²) in [5, 5.41) is 4.95. The molecule has 0 aromatic carbocycles. The molecule has 0 fully saturated rings. The van der Waals surface area contributed by atoms with Gasteiger partial charge in [0.15, 0.2) is 0 Å². The van der Waals surface area contributed by atoms with Gasteiger partial charge in [0, 0.05) is 24.8 Å². The van der Waals surface area contributed by atoms with Crippen molar-refractivity contribution < 1.29 is 9.59 Å². The van der Waals surface area contributed by atoms with E-state index in [2.05, 4.69) is 27.5 Å². The van der Waals surface area contributed by atoms with Gasteiger partial charge >= 0.3 is 6.03 Å². The van der Waals surface area contributed by atoms with Crippen LogP contribution >= 0.6 is 0 Å². The largest absolute Gasteiger partial charge is 0.352 e. The number of carbonyl (C=O) groups excluding carboxylic acids is 2. The summed E-state index contributed by atoms with van der Waals surface area (Å²) in [7, 11) is 0. The van der Waals surface area contributed by atoms with Gasteiger partial charge in [-0.05, 0) is 12.1 Å². The Morgan fingerprint density at radius 3 is 2.58 bits per heavy atom. The highest BCUT2D eigenvalue weighted by molar-refractivity contribution is 5.92. The minimum atomic E-state index is -0.629. The number of nitrogens with two attached hydrogens (primary N) is 2. The van der Waals surface area contributed by atoms with Crippen LogP contribution in [0.3, 0.4) is 0 Å². The Bertz CT molecular complexity index is 501. The summed E-state index contributed by atoms with van der Waals surface area (Å²) in [6.07, 6.45) is 1.50. The summed E-state index contributed by atoms with van der Waals surface area (Å²) >= 11 is 0. The second-order valence-electron chi connectivity index (χ2n) is 3.48. The fourth-order valence-corrected chi connectivity index (χ4v) is 1.21. The van der Waals surface area contributed by atoms with Gasteiger partial charge < -0.3 is 22.1 Å². The lowest BCUT2D eigenvalue weighted by Gasteiger charge is -2.04. The second kappa shape index (κ2) is 7.68. The lowest BCUT2D eigenvalue weighted by molar-refractivity contribution is 0.0949. The van der Waals surface area contributed by atoms with E-state index in [0.717, 1.165) is 0 Å². The van der Waals surface area contributed by atoms with Gasteiger partial charge in [0.05, 0.1) is 6.54 Å². The van der Waals surface area contributed by atoms with E-state index in [9.17, 15) is 9.59 Å². The molecule has 0 spiro atoms. The minimum Gasteiger partial charge on any atom is -0.352 e. The first-order valence-corrected chi connectivity index (χ1v) is 5.60. The van der Waals surface area contributed by atoms with E-state index in [0.29, 0.717) is 5.56 Å². The van der Waals surface area contributed by atoms with Crippen LogP contribution in [0.1, 0.15) is 16.1 Å². The smallest absolute Gasteiger partial charge is 0.312 e. The highest BCUT2D eigenvalue weighted by atomic mass is 16.2. The number of nitrogens with one attached hydrogen (secondary N) is 2. The minimum absolute atomic E-state index is 0.265. The number of primary amides is 1. The Labute approximate surface area is 110 Å². The molecule has 0 atom stereocenters. The molecule has 7 nitrogen and oxygen atoms in total. The van der Waals surface area contributed by atoms with Crippen LogP contribution in [0.5, 0.6) is 0 Å². The van der Waals surface area contributed by atoms with Crippen LogP contribution in [0.4, 0.5) is 4.79 Å². The zero-order valence-corrected chi connectivity index (χ0v) is 10.3. The maximum Gasteiger partial charge on any atom is 0.312 e. The normalized spacial score (nSPS) is 9.11. The van der Waals surface area contributed by atoms with Crippen molar-refractivity contribution in [2.24, 2.45) is 11.5 Å². The number of carbonyl (C=O) groups is 2. The number of amides is 3. The standard InChI is InChI=1S/C12H15N5O2/c13-5-1-2-9-3-4-10(17-8-9)11(18)15-6-7-16-12(14)19/h3-4,8H,5-7,13H2,(H,15,18)(H3,14,16,19). The van der Waals surface area contributed by atoms with E-state index in [-0.39, 0.29) is 31.2 Å². The van der Waals surface area contributed by atoms with Gasteiger partial charge in [-0.3, -0.25) is 4.79 Å². The van der Waals surface area contributed by atoms with Crippen molar-refractivity contribution in [1.82, 2.24) is 15.6 Å². The molecular weight excluding hydrogens is 246 g/mol. The molecule has 1 heterocycles. The van der Waals surface area contributed by atoms with E-state index in [1.54, 1.807) is 12.1 Å². The van der Waals surface area contributed by atoms with E-state index in [1.165, 1.54) is 6.20 Å². The van der Waals surface area contributed by atoms with Crippen LogP contribution in [-0.2, 0) is 0 Å². The van der Waals surface area contributed by atoms with Crippen molar-refractivity contribution in [3.63, 3.8) is 0 Å².